The van der Waals surface area contributed by atoms with Gasteiger partial charge in [0.15, 0.2) is 5.60 Å². The SMILES string of the molecule is CCOC(=O)C(C)(O)c1cccc(Br)c1. The van der Waals surface area contributed by atoms with Gasteiger partial charge in [-0.25, -0.2) is 4.79 Å². The van der Waals surface area contributed by atoms with Gasteiger partial charge in [-0.05, 0) is 31.5 Å². The molecule has 0 amide bonds. The van der Waals surface area contributed by atoms with Crippen molar-refractivity contribution in [3.63, 3.8) is 0 Å². The Hall–Kier alpha value is -0.870. The molecular weight excluding hydrogens is 260 g/mol. The van der Waals surface area contributed by atoms with E-state index < -0.39 is 11.6 Å². The highest BCUT2D eigenvalue weighted by Crippen LogP contribution is 2.24. The lowest BCUT2D eigenvalue weighted by Crippen LogP contribution is -2.34. The van der Waals surface area contributed by atoms with E-state index in [1.807, 2.05) is 6.07 Å². The molecule has 0 aliphatic heterocycles. The second-order valence-electron chi connectivity index (χ2n) is 3.30. The summed E-state index contributed by atoms with van der Waals surface area (Å²) >= 11 is 3.28. The zero-order valence-corrected chi connectivity index (χ0v) is 10.2. The van der Waals surface area contributed by atoms with Gasteiger partial charge in [0.25, 0.3) is 0 Å². The van der Waals surface area contributed by atoms with Crippen molar-refractivity contribution in [2.24, 2.45) is 0 Å². The van der Waals surface area contributed by atoms with Crippen molar-refractivity contribution in [1.82, 2.24) is 0 Å². The minimum atomic E-state index is -1.60. The summed E-state index contributed by atoms with van der Waals surface area (Å²) in [5.41, 5.74) is -1.09. The quantitative estimate of drug-likeness (QED) is 0.859. The molecule has 1 N–H and O–H groups in total. The number of benzene rings is 1. The monoisotopic (exact) mass is 272 g/mol. The number of aliphatic hydroxyl groups is 1. The minimum absolute atomic E-state index is 0.253. The fourth-order valence-electron chi connectivity index (χ4n) is 1.18. The van der Waals surface area contributed by atoms with E-state index in [0.717, 1.165) is 4.47 Å². The predicted molar refractivity (Wildman–Crippen MR) is 60.3 cm³/mol. The number of carbonyl (C=O) groups is 1. The van der Waals surface area contributed by atoms with Crippen molar-refractivity contribution in [2.45, 2.75) is 19.4 Å². The van der Waals surface area contributed by atoms with Gasteiger partial charge in [0.2, 0.25) is 0 Å². The molecule has 1 atom stereocenters. The molecule has 82 valence electrons. The topological polar surface area (TPSA) is 46.5 Å². The summed E-state index contributed by atoms with van der Waals surface area (Å²) in [6, 6.07) is 6.95. The Morgan fingerprint density at radius 1 is 1.60 bits per heavy atom. The van der Waals surface area contributed by atoms with Crippen molar-refractivity contribution in [3.8, 4) is 0 Å². The largest absolute Gasteiger partial charge is 0.464 e. The molecule has 15 heavy (non-hydrogen) atoms. The van der Waals surface area contributed by atoms with Crippen LogP contribution in [0.4, 0.5) is 0 Å². The van der Waals surface area contributed by atoms with E-state index in [2.05, 4.69) is 15.9 Å². The fraction of sp³-hybridized carbons (Fsp3) is 0.364. The summed E-state index contributed by atoms with van der Waals surface area (Å²) in [6.07, 6.45) is 0. The van der Waals surface area contributed by atoms with Crippen molar-refractivity contribution in [3.05, 3.63) is 34.3 Å². The molecule has 0 aliphatic rings. The number of carbonyl (C=O) groups excluding carboxylic acids is 1. The lowest BCUT2D eigenvalue weighted by atomic mass is 9.96. The van der Waals surface area contributed by atoms with Gasteiger partial charge in [-0.1, -0.05) is 28.1 Å². The summed E-state index contributed by atoms with van der Waals surface area (Å²) in [4.78, 5) is 11.5. The normalized spacial score (nSPS) is 14.4. The van der Waals surface area contributed by atoms with Crippen molar-refractivity contribution >= 4 is 21.9 Å². The van der Waals surface area contributed by atoms with E-state index in [4.69, 9.17) is 4.74 Å². The van der Waals surface area contributed by atoms with Gasteiger partial charge in [0.05, 0.1) is 6.61 Å². The van der Waals surface area contributed by atoms with E-state index in [0.29, 0.717) is 5.56 Å². The lowest BCUT2D eigenvalue weighted by Gasteiger charge is -2.21. The second-order valence-corrected chi connectivity index (χ2v) is 4.22. The Morgan fingerprint density at radius 3 is 2.80 bits per heavy atom. The average molecular weight is 273 g/mol. The highest BCUT2D eigenvalue weighted by atomic mass is 79.9. The summed E-state index contributed by atoms with van der Waals surface area (Å²) in [7, 11) is 0. The Morgan fingerprint density at radius 2 is 2.27 bits per heavy atom. The molecule has 0 aliphatic carbocycles. The molecule has 1 aromatic carbocycles. The number of esters is 1. The van der Waals surface area contributed by atoms with Crippen LogP contribution in [0.15, 0.2) is 28.7 Å². The maximum absolute atomic E-state index is 11.5. The van der Waals surface area contributed by atoms with Crippen LogP contribution in [0.5, 0.6) is 0 Å². The van der Waals surface area contributed by atoms with E-state index >= 15 is 0 Å². The third kappa shape index (κ3) is 2.79. The van der Waals surface area contributed by atoms with Crippen LogP contribution >= 0.6 is 15.9 Å². The Balaban J connectivity index is 2.99. The molecule has 0 heterocycles. The molecule has 1 rings (SSSR count). The van der Waals surface area contributed by atoms with E-state index in [1.54, 1.807) is 25.1 Å². The van der Waals surface area contributed by atoms with Crippen LogP contribution in [0, 0.1) is 0 Å². The van der Waals surface area contributed by atoms with Crippen LogP contribution in [0.1, 0.15) is 19.4 Å². The van der Waals surface area contributed by atoms with Gasteiger partial charge >= 0.3 is 5.97 Å². The Labute approximate surface area is 97.2 Å². The van der Waals surface area contributed by atoms with Gasteiger partial charge in [0, 0.05) is 4.47 Å². The first kappa shape index (κ1) is 12.2. The molecule has 4 heteroatoms. The molecule has 1 aromatic rings. The molecule has 0 aromatic heterocycles. The summed E-state index contributed by atoms with van der Waals surface area (Å²) < 4.78 is 5.61. The van der Waals surface area contributed by atoms with Gasteiger partial charge in [-0.15, -0.1) is 0 Å². The zero-order valence-electron chi connectivity index (χ0n) is 8.66. The molecule has 0 radical (unpaired) electrons. The first-order chi connectivity index (χ1) is 6.98. The molecule has 0 fully saturated rings. The van der Waals surface area contributed by atoms with E-state index in [-0.39, 0.29) is 6.61 Å². The standard InChI is InChI=1S/C11H13BrO3/c1-3-15-10(13)11(2,14)8-5-4-6-9(12)7-8/h4-7,14H,3H2,1-2H3. The molecule has 0 saturated heterocycles. The zero-order chi connectivity index (χ0) is 11.5. The molecule has 0 bridgehead atoms. The van der Waals surface area contributed by atoms with Crippen LogP contribution in [-0.4, -0.2) is 17.7 Å². The van der Waals surface area contributed by atoms with Crippen molar-refractivity contribution in [2.75, 3.05) is 6.61 Å². The van der Waals surface area contributed by atoms with Gasteiger partial charge in [-0.2, -0.15) is 0 Å². The second kappa shape index (κ2) is 4.77. The average Bonchev–Trinajstić information content (AvgIpc) is 2.18. The van der Waals surface area contributed by atoms with Crippen molar-refractivity contribution in [1.29, 1.82) is 0 Å². The minimum Gasteiger partial charge on any atom is -0.464 e. The van der Waals surface area contributed by atoms with Gasteiger partial charge < -0.3 is 9.84 Å². The predicted octanol–water partition coefficient (Wildman–Crippen LogP) is 2.22. The highest BCUT2D eigenvalue weighted by molar-refractivity contribution is 9.10. The van der Waals surface area contributed by atoms with Crippen molar-refractivity contribution < 1.29 is 14.6 Å². The van der Waals surface area contributed by atoms with Crippen LogP contribution in [0.3, 0.4) is 0 Å². The third-order valence-corrected chi connectivity index (χ3v) is 2.55. The van der Waals surface area contributed by atoms with Crippen LogP contribution in [0.25, 0.3) is 0 Å². The van der Waals surface area contributed by atoms with E-state index in [9.17, 15) is 9.90 Å². The van der Waals surface area contributed by atoms with Crippen LogP contribution in [-0.2, 0) is 15.1 Å². The smallest absolute Gasteiger partial charge is 0.342 e. The van der Waals surface area contributed by atoms with Crippen LogP contribution < -0.4 is 0 Å². The summed E-state index contributed by atoms with van der Waals surface area (Å²) in [6.45, 7) is 3.38. The van der Waals surface area contributed by atoms with Gasteiger partial charge in [0.1, 0.15) is 0 Å². The fourth-order valence-corrected chi connectivity index (χ4v) is 1.58. The number of hydrogen-bond acceptors (Lipinski definition) is 3. The summed E-state index contributed by atoms with van der Waals surface area (Å²) in [5, 5.41) is 10.0. The molecule has 0 saturated carbocycles. The maximum atomic E-state index is 11.5. The summed E-state index contributed by atoms with van der Waals surface area (Å²) in [5.74, 6) is -0.636. The number of halogens is 1. The number of rotatable bonds is 3. The molecule has 1 unspecified atom stereocenters. The van der Waals surface area contributed by atoms with E-state index in [1.165, 1.54) is 6.92 Å². The molecule has 0 spiro atoms. The Bertz CT molecular complexity index is 361. The Kier molecular flexibility index (Phi) is 3.88. The van der Waals surface area contributed by atoms with Crippen LogP contribution in [0.2, 0.25) is 0 Å². The number of ether oxygens (including phenoxy) is 1. The maximum Gasteiger partial charge on any atom is 0.342 e. The number of hydrogen-bond donors (Lipinski definition) is 1. The first-order valence-electron chi connectivity index (χ1n) is 4.64. The first-order valence-corrected chi connectivity index (χ1v) is 5.43. The highest BCUT2D eigenvalue weighted by Gasteiger charge is 2.33. The third-order valence-electron chi connectivity index (χ3n) is 2.06. The molecule has 3 nitrogen and oxygen atoms in total. The lowest BCUT2D eigenvalue weighted by molar-refractivity contribution is -0.164. The molecular formula is C11H13BrO3. The van der Waals surface area contributed by atoms with Gasteiger partial charge in [-0.3, -0.25) is 0 Å².